The van der Waals surface area contributed by atoms with Gasteiger partial charge in [0.15, 0.2) is 5.78 Å². The number of hydrogen-bond donors (Lipinski definition) is 2. The molecule has 0 radical (unpaired) electrons. The van der Waals surface area contributed by atoms with E-state index in [4.69, 9.17) is 4.74 Å². The summed E-state index contributed by atoms with van der Waals surface area (Å²) >= 11 is 0. The molecule has 0 aliphatic heterocycles. The molecule has 0 aromatic heterocycles. The van der Waals surface area contributed by atoms with Gasteiger partial charge in [-0.15, -0.1) is 0 Å². The van der Waals surface area contributed by atoms with Crippen molar-refractivity contribution in [1.29, 1.82) is 0 Å². The summed E-state index contributed by atoms with van der Waals surface area (Å²) in [6.45, 7) is 19.4. The normalized spacial score (nSPS) is 39.3. The van der Waals surface area contributed by atoms with Gasteiger partial charge >= 0.3 is 18.1 Å². The molecule has 0 aromatic carbocycles. The van der Waals surface area contributed by atoms with Crippen LogP contribution in [0.4, 0.5) is 13.2 Å². The zero-order valence-corrected chi connectivity index (χ0v) is 31.2. The number of Topliss-reactive ketones (excluding diaryl/α,β-unsaturated/α-hetero) is 1. The molecule has 1 unspecified atom stereocenters. The predicted molar refractivity (Wildman–Crippen MR) is 179 cm³/mol. The molecule has 1 amide bonds. The van der Waals surface area contributed by atoms with Crippen LogP contribution in [0, 0.1) is 56.2 Å². The van der Waals surface area contributed by atoms with Crippen LogP contribution < -0.4 is 5.32 Å². The molecule has 0 bridgehead atoms. The molecule has 5 aliphatic rings. The molecule has 9 atom stereocenters. The lowest BCUT2D eigenvalue weighted by molar-refractivity contribution is -0.233. The molecule has 7 nitrogen and oxygen atoms in total. The molecule has 0 saturated heterocycles. The number of carbonyl (C=O) groups excluding carboxylic acids is 3. The number of nitrogens with one attached hydrogen (secondary N) is 1. The van der Waals surface area contributed by atoms with Gasteiger partial charge < -0.3 is 15.2 Å². The molecular formula is C39H58F3NO6. The van der Waals surface area contributed by atoms with Crippen LogP contribution in [0.2, 0.25) is 0 Å². The first-order valence-electron chi connectivity index (χ1n) is 18.4. The standard InChI is InChI=1S/C39H58F3NO6/c1-21(2)29-24(44)19-38(31(46)43-22(3)39(40,41)42)18-17-36(9)23(30(29)38)11-12-26-35(8)15-14-27(49-28(45)20-33(4,5)32(47)48)34(6,7)25(35)13-16-37(26,36)10/h21-23,25-27H,11-20H2,1-10H3,(H,43,46)(H,47,48)/t22?,23-,25+,26-,27+,35+,36-,37-,38-/m1/s1. The van der Waals surface area contributed by atoms with Crippen molar-refractivity contribution in [3.05, 3.63) is 11.1 Å². The number of ketones is 1. The number of rotatable bonds is 7. The molecule has 4 saturated carbocycles. The van der Waals surface area contributed by atoms with E-state index >= 15 is 0 Å². The van der Waals surface area contributed by atoms with Crippen LogP contribution in [0.5, 0.6) is 0 Å². The summed E-state index contributed by atoms with van der Waals surface area (Å²) < 4.78 is 47.0. The number of aliphatic carboxylic acids is 1. The van der Waals surface area contributed by atoms with Crippen molar-refractivity contribution in [1.82, 2.24) is 5.32 Å². The van der Waals surface area contributed by atoms with E-state index in [1.54, 1.807) is 0 Å². The first-order valence-corrected chi connectivity index (χ1v) is 18.4. The summed E-state index contributed by atoms with van der Waals surface area (Å²) in [4.78, 5) is 52.4. The average molecular weight is 694 g/mol. The second-order valence-electron chi connectivity index (χ2n) is 18.7. The second-order valence-corrected chi connectivity index (χ2v) is 18.7. The lowest BCUT2D eigenvalue weighted by Crippen LogP contribution is -2.66. The van der Waals surface area contributed by atoms with Crippen molar-refractivity contribution >= 4 is 23.6 Å². The number of allylic oxidation sites excluding steroid dienone is 1. The van der Waals surface area contributed by atoms with E-state index in [1.165, 1.54) is 13.8 Å². The Kier molecular flexibility index (Phi) is 9.14. The van der Waals surface area contributed by atoms with Crippen molar-refractivity contribution in [3.63, 3.8) is 0 Å². The van der Waals surface area contributed by atoms with Crippen LogP contribution in [0.15, 0.2) is 11.1 Å². The van der Waals surface area contributed by atoms with Gasteiger partial charge in [-0.05, 0) is 123 Å². The summed E-state index contributed by atoms with van der Waals surface area (Å²) in [6.07, 6.45) is 0.892. The molecule has 49 heavy (non-hydrogen) atoms. The minimum atomic E-state index is -4.58. The Bertz CT molecular complexity index is 1450. The van der Waals surface area contributed by atoms with Crippen LogP contribution in [0.25, 0.3) is 0 Å². The first kappa shape index (κ1) is 37.9. The number of carbonyl (C=O) groups is 4. The molecular weight excluding hydrogens is 635 g/mol. The third-order valence-corrected chi connectivity index (χ3v) is 15.1. The minimum Gasteiger partial charge on any atom is -0.481 e. The maximum atomic E-state index is 14.0. The van der Waals surface area contributed by atoms with Crippen LogP contribution >= 0.6 is 0 Å². The SMILES string of the molecule is CC(C)C1=C2[C@H]3CC[C@@H]4[C@@]5(C)CC[C@H](OC(=O)CC(C)(C)C(=O)O)C(C)(C)[C@@H]5CC[C@@]4(C)[C@]3(C)CC[C@@]2(C(=O)NC(C)C(F)(F)F)CC1=O. The summed E-state index contributed by atoms with van der Waals surface area (Å²) in [6, 6.07) is -2.01. The number of alkyl halides is 3. The van der Waals surface area contributed by atoms with Gasteiger partial charge in [0.2, 0.25) is 5.91 Å². The quantitative estimate of drug-likeness (QED) is 0.259. The van der Waals surface area contributed by atoms with E-state index in [2.05, 4.69) is 39.9 Å². The smallest absolute Gasteiger partial charge is 0.408 e. The van der Waals surface area contributed by atoms with Gasteiger partial charge in [0.1, 0.15) is 12.1 Å². The lowest BCUT2D eigenvalue weighted by atomic mass is 9.33. The number of carboxylic acids is 1. The minimum absolute atomic E-state index is 0.0588. The maximum Gasteiger partial charge on any atom is 0.408 e. The zero-order valence-electron chi connectivity index (χ0n) is 31.2. The Morgan fingerprint density at radius 1 is 0.898 bits per heavy atom. The van der Waals surface area contributed by atoms with E-state index < -0.39 is 40.9 Å². The van der Waals surface area contributed by atoms with E-state index in [-0.39, 0.29) is 64.1 Å². The molecule has 5 rings (SSSR count). The van der Waals surface area contributed by atoms with E-state index in [1.807, 2.05) is 13.8 Å². The van der Waals surface area contributed by atoms with Crippen molar-refractivity contribution in [3.8, 4) is 0 Å². The van der Waals surface area contributed by atoms with Crippen LogP contribution in [-0.2, 0) is 23.9 Å². The number of halogens is 3. The fraction of sp³-hybridized carbons (Fsp3) is 0.846. The highest BCUT2D eigenvalue weighted by atomic mass is 19.4. The third kappa shape index (κ3) is 5.59. The van der Waals surface area contributed by atoms with Gasteiger partial charge in [0.05, 0.1) is 17.3 Å². The molecule has 4 fully saturated rings. The van der Waals surface area contributed by atoms with Gasteiger partial charge in [-0.3, -0.25) is 19.2 Å². The average Bonchev–Trinajstić information content (AvgIpc) is 3.27. The van der Waals surface area contributed by atoms with Gasteiger partial charge in [0, 0.05) is 11.8 Å². The Hall–Kier alpha value is -2.39. The van der Waals surface area contributed by atoms with Gasteiger partial charge in [-0.25, -0.2) is 0 Å². The largest absolute Gasteiger partial charge is 0.481 e. The number of ether oxygens (including phenoxy) is 1. The highest BCUT2D eigenvalue weighted by molar-refractivity contribution is 6.07. The van der Waals surface area contributed by atoms with Crippen LogP contribution in [0.1, 0.15) is 133 Å². The topological polar surface area (TPSA) is 110 Å². The predicted octanol–water partition coefficient (Wildman–Crippen LogP) is 8.45. The number of hydrogen-bond acceptors (Lipinski definition) is 5. The summed E-state index contributed by atoms with van der Waals surface area (Å²) in [7, 11) is 0. The van der Waals surface area contributed by atoms with E-state index in [0.29, 0.717) is 30.8 Å². The van der Waals surface area contributed by atoms with Crippen molar-refractivity contribution < 1.29 is 42.2 Å². The number of esters is 1. The number of amides is 1. The molecule has 276 valence electrons. The summed E-state index contributed by atoms with van der Waals surface area (Å²) in [5.74, 6) is -1.93. The molecule has 0 aromatic rings. The molecule has 5 aliphatic carbocycles. The van der Waals surface area contributed by atoms with E-state index in [0.717, 1.165) is 44.6 Å². The third-order valence-electron chi connectivity index (χ3n) is 15.1. The second kappa shape index (κ2) is 11.8. The van der Waals surface area contributed by atoms with Gasteiger partial charge in [-0.2, -0.15) is 13.2 Å². The first-order chi connectivity index (χ1) is 22.3. The number of fused-ring (bicyclic) bond motifs is 7. The monoisotopic (exact) mass is 693 g/mol. The molecule has 0 heterocycles. The van der Waals surface area contributed by atoms with Gasteiger partial charge in [-0.1, -0.05) is 48.5 Å². The summed E-state index contributed by atoms with van der Waals surface area (Å²) in [5.41, 5.74) is -1.80. The molecule has 0 spiro atoms. The number of carboxylic acid groups (broad SMARTS) is 1. The Morgan fingerprint density at radius 3 is 2.10 bits per heavy atom. The highest BCUT2D eigenvalue weighted by Crippen LogP contribution is 2.76. The fourth-order valence-electron chi connectivity index (χ4n) is 12.1. The maximum absolute atomic E-state index is 14.0. The van der Waals surface area contributed by atoms with Crippen LogP contribution in [0.3, 0.4) is 0 Å². The van der Waals surface area contributed by atoms with Crippen molar-refractivity contribution in [2.45, 2.75) is 152 Å². The summed E-state index contributed by atoms with van der Waals surface area (Å²) in [5, 5.41) is 11.8. The Balaban J connectivity index is 1.47. The molecule has 2 N–H and O–H groups in total. The van der Waals surface area contributed by atoms with Gasteiger partial charge in [0.25, 0.3) is 0 Å². The fourth-order valence-corrected chi connectivity index (χ4v) is 12.1. The zero-order chi connectivity index (χ0) is 36.9. The van der Waals surface area contributed by atoms with E-state index in [9.17, 15) is 37.5 Å². The van der Waals surface area contributed by atoms with Crippen molar-refractivity contribution in [2.24, 2.45) is 56.2 Å². The Labute approximate surface area is 289 Å². The Morgan fingerprint density at radius 2 is 1.53 bits per heavy atom. The lowest BCUT2D eigenvalue weighted by Gasteiger charge is -2.72. The highest BCUT2D eigenvalue weighted by Gasteiger charge is 2.71. The molecule has 10 heteroatoms. The van der Waals surface area contributed by atoms with Crippen LogP contribution in [-0.4, -0.2) is 47.1 Å². The van der Waals surface area contributed by atoms with Crippen molar-refractivity contribution in [2.75, 3.05) is 0 Å².